The van der Waals surface area contributed by atoms with Gasteiger partial charge in [0.1, 0.15) is 0 Å². The Balaban J connectivity index is 2.16. The molecule has 0 spiro atoms. The summed E-state index contributed by atoms with van der Waals surface area (Å²) in [5, 5.41) is 2.85. The van der Waals surface area contributed by atoms with Gasteiger partial charge in [-0.25, -0.2) is 0 Å². The Bertz CT molecular complexity index is 515. The summed E-state index contributed by atoms with van der Waals surface area (Å²) in [7, 11) is 0. The average Bonchev–Trinajstić information content (AvgIpc) is 2.77. The maximum absolute atomic E-state index is 13.0. The van der Waals surface area contributed by atoms with Crippen molar-refractivity contribution in [1.29, 1.82) is 0 Å². The van der Waals surface area contributed by atoms with Gasteiger partial charge in [-0.3, -0.25) is 9.59 Å². The lowest BCUT2D eigenvalue weighted by Crippen LogP contribution is -2.53. The lowest BCUT2D eigenvalue weighted by Gasteiger charge is -2.29. The van der Waals surface area contributed by atoms with E-state index in [2.05, 4.69) is 12.2 Å². The molecule has 1 aromatic rings. The van der Waals surface area contributed by atoms with Crippen LogP contribution in [0.2, 0.25) is 0 Å². The number of unbranched alkanes of at least 4 members (excludes halogenated alkanes) is 3. The van der Waals surface area contributed by atoms with Crippen LogP contribution >= 0.6 is 0 Å². The molecule has 126 valence electrons. The predicted molar refractivity (Wildman–Crippen MR) is 90.5 cm³/mol. The number of hydrogen-bond donors (Lipinski definition) is 1. The van der Waals surface area contributed by atoms with E-state index in [0.717, 1.165) is 38.5 Å². The highest BCUT2D eigenvalue weighted by atomic mass is 16.5. The molecule has 1 aromatic carbocycles. The van der Waals surface area contributed by atoms with Crippen LogP contribution in [0.3, 0.4) is 0 Å². The third-order valence-corrected chi connectivity index (χ3v) is 4.36. The second kappa shape index (κ2) is 8.82. The second-order valence-corrected chi connectivity index (χ2v) is 6.14. The first-order chi connectivity index (χ1) is 11.2. The summed E-state index contributed by atoms with van der Waals surface area (Å²) in [6.45, 7) is 3.22. The van der Waals surface area contributed by atoms with Gasteiger partial charge >= 0.3 is 0 Å². The van der Waals surface area contributed by atoms with E-state index in [1.807, 2.05) is 18.2 Å². The Morgan fingerprint density at radius 1 is 1.17 bits per heavy atom. The maximum atomic E-state index is 13.0. The van der Waals surface area contributed by atoms with Crippen molar-refractivity contribution < 1.29 is 14.3 Å². The number of Topliss-reactive ketones (excluding diaryl/α,β-unsaturated/α-hetero) is 1. The standard InChI is InChI=1S/C19H27NO3/c1-2-3-4-10-15-23-19(13-8-9-14-20-18(19)22)17(21)16-11-6-5-7-12-16/h5-7,11-12H,2-4,8-10,13-15H2,1H3,(H,20,22). The molecule has 2 rings (SSSR count). The molecule has 1 saturated heterocycles. The molecule has 0 bridgehead atoms. The van der Waals surface area contributed by atoms with Crippen LogP contribution < -0.4 is 5.32 Å². The second-order valence-electron chi connectivity index (χ2n) is 6.14. The van der Waals surface area contributed by atoms with Crippen molar-refractivity contribution in [2.24, 2.45) is 0 Å². The Morgan fingerprint density at radius 3 is 2.70 bits per heavy atom. The minimum atomic E-state index is -1.36. The molecule has 0 aliphatic carbocycles. The van der Waals surface area contributed by atoms with E-state index in [4.69, 9.17) is 4.74 Å². The number of ether oxygens (including phenoxy) is 1. The van der Waals surface area contributed by atoms with Crippen LogP contribution in [-0.2, 0) is 9.53 Å². The van der Waals surface area contributed by atoms with E-state index in [9.17, 15) is 9.59 Å². The largest absolute Gasteiger partial charge is 0.357 e. The molecule has 1 unspecified atom stereocenters. The lowest BCUT2D eigenvalue weighted by atomic mass is 9.87. The SMILES string of the molecule is CCCCCCOC1(C(=O)c2ccccc2)CCCCNC1=O. The zero-order valence-electron chi connectivity index (χ0n) is 14.0. The van der Waals surface area contributed by atoms with Crippen LogP contribution in [-0.4, -0.2) is 30.4 Å². The molecule has 0 aromatic heterocycles. The molecule has 1 atom stereocenters. The number of hydrogen-bond acceptors (Lipinski definition) is 3. The zero-order valence-corrected chi connectivity index (χ0v) is 14.0. The number of nitrogens with one attached hydrogen (secondary N) is 1. The summed E-state index contributed by atoms with van der Waals surface area (Å²) in [6, 6.07) is 9.00. The number of ketones is 1. The number of benzene rings is 1. The van der Waals surface area contributed by atoms with Gasteiger partial charge in [0, 0.05) is 18.7 Å². The molecule has 1 amide bonds. The highest BCUT2D eigenvalue weighted by Crippen LogP contribution is 2.27. The fraction of sp³-hybridized carbons (Fsp3) is 0.579. The molecular weight excluding hydrogens is 290 g/mol. The molecule has 1 aliphatic rings. The number of carbonyl (C=O) groups is 2. The summed E-state index contributed by atoms with van der Waals surface area (Å²) < 4.78 is 5.96. The molecule has 4 heteroatoms. The molecule has 1 aliphatic heterocycles. The van der Waals surface area contributed by atoms with Gasteiger partial charge in [0.05, 0.1) is 0 Å². The normalized spacial score (nSPS) is 21.5. The fourth-order valence-corrected chi connectivity index (χ4v) is 2.98. The molecule has 1 heterocycles. The molecule has 0 saturated carbocycles. The monoisotopic (exact) mass is 317 g/mol. The first-order valence-electron chi connectivity index (χ1n) is 8.73. The minimum absolute atomic E-state index is 0.215. The van der Waals surface area contributed by atoms with Crippen molar-refractivity contribution in [3.8, 4) is 0 Å². The molecule has 4 nitrogen and oxygen atoms in total. The van der Waals surface area contributed by atoms with Crippen LogP contribution in [0, 0.1) is 0 Å². The van der Waals surface area contributed by atoms with Crippen molar-refractivity contribution in [1.82, 2.24) is 5.32 Å². The van der Waals surface area contributed by atoms with Crippen molar-refractivity contribution in [2.75, 3.05) is 13.2 Å². The van der Waals surface area contributed by atoms with E-state index < -0.39 is 5.60 Å². The van der Waals surface area contributed by atoms with E-state index in [1.165, 1.54) is 0 Å². The first-order valence-corrected chi connectivity index (χ1v) is 8.73. The van der Waals surface area contributed by atoms with Crippen molar-refractivity contribution in [3.05, 3.63) is 35.9 Å². The lowest BCUT2D eigenvalue weighted by molar-refractivity contribution is -0.141. The van der Waals surface area contributed by atoms with Crippen molar-refractivity contribution in [2.45, 2.75) is 57.5 Å². The van der Waals surface area contributed by atoms with Gasteiger partial charge in [-0.1, -0.05) is 56.5 Å². The smallest absolute Gasteiger partial charge is 0.260 e. The third kappa shape index (κ3) is 4.41. The van der Waals surface area contributed by atoms with Gasteiger partial charge < -0.3 is 10.1 Å². The van der Waals surface area contributed by atoms with E-state index in [1.54, 1.807) is 12.1 Å². The van der Waals surface area contributed by atoms with Crippen LogP contribution in [0.5, 0.6) is 0 Å². The Hall–Kier alpha value is -1.68. The van der Waals surface area contributed by atoms with E-state index in [-0.39, 0.29) is 11.7 Å². The van der Waals surface area contributed by atoms with Crippen LogP contribution in [0.15, 0.2) is 30.3 Å². The highest BCUT2D eigenvalue weighted by Gasteiger charge is 2.47. The van der Waals surface area contributed by atoms with E-state index in [0.29, 0.717) is 25.1 Å². The molecule has 1 fully saturated rings. The topological polar surface area (TPSA) is 55.4 Å². The predicted octanol–water partition coefficient (Wildman–Crippen LogP) is 3.51. The molecular formula is C19H27NO3. The molecule has 0 radical (unpaired) electrons. The van der Waals surface area contributed by atoms with Crippen LogP contribution in [0.25, 0.3) is 0 Å². The number of amides is 1. The quantitative estimate of drug-likeness (QED) is 0.453. The Labute approximate surface area is 138 Å². The van der Waals surface area contributed by atoms with Gasteiger partial charge in [0.15, 0.2) is 0 Å². The van der Waals surface area contributed by atoms with Gasteiger partial charge in [-0.15, -0.1) is 0 Å². The van der Waals surface area contributed by atoms with Gasteiger partial charge in [-0.05, 0) is 25.7 Å². The Morgan fingerprint density at radius 2 is 1.96 bits per heavy atom. The van der Waals surface area contributed by atoms with Crippen LogP contribution in [0.1, 0.15) is 62.2 Å². The number of carbonyl (C=O) groups excluding carboxylic acids is 2. The summed E-state index contributed by atoms with van der Waals surface area (Å²) >= 11 is 0. The van der Waals surface area contributed by atoms with E-state index >= 15 is 0 Å². The summed E-state index contributed by atoms with van der Waals surface area (Å²) in [5.74, 6) is -0.493. The summed E-state index contributed by atoms with van der Waals surface area (Å²) in [5.41, 5.74) is -0.817. The fourth-order valence-electron chi connectivity index (χ4n) is 2.98. The summed E-state index contributed by atoms with van der Waals surface area (Å²) in [6.07, 6.45) is 6.39. The molecule has 23 heavy (non-hydrogen) atoms. The number of rotatable bonds is 8. The van der Waals surface area contributed by atoms with Crippen molar-refractivity contribution in [3.63, 3.8) is 0 Å². The maximum Gasteiger partial charge on any atom is 0.260 e. The summed E-state index contributed by atoms with van der Waals surface area (Å²) in [4.78, 5) is 25.6. The van der Waals surface area contributed by atoms with Crippen LogP contribution in [0.4, 0.5) is 0 Å². The zero-order chi connectivity index (χ0) is 16.5. The Kier molecular flexibility index (Phi) is 6.78. The van der Waals surface area contributed by atoms with Crippen molar-refractivity contribution >= 4 is 11.7 Å². The van der Waals surface area contributed by atoms with Gasteiger partial charge in [0.2, 0.25) is 11.4 Å². The van der Waals surface area contributed by atoms with Gasteiger partial charge in [-0.2, -0.15) is 0 Å². The third-order valence-electron chi connectivity index (χ3n) is 4.36. The molecule has 1 N–H and O–H groups in total. The minimum Gasteiger partial charge on any atom is -0.357 e. The van der Waals surface area contributed by atoms with Gasteiger partial charge in [0.25, 0.3) is 5.91 Å². The first kappa shape index (κ1) is 17.7. The average molecular weight is 317 g/mol. The highest BCUT2D eigenvalue weighted by molar-refractivity contribution is 6.17.